The van der Waals surface area contributed by atoms with Crippen LogP contribution in [-0.4, -0.2) is 14.7 Å². The first-order valence-corrected chi connectivity index (χ1v) is 11.4. The molecule has 34 heavy (non-hydrogen) atoms. The Bertz CT molecular complexity index is 1680. The molecule has 5 aromatic rings. The van der Waals surface area contributed by atoms with Gasteiger partial charge in [-0.15, -0.1) is 0 Å². The van der Waals surface area contributed by atoms with Crippen LogP contribution in [0.5, 0.6) is 5.75 Å². The Kier molecular flexibility index (Phi) is 5.63. The molecule has 0 aliphatic rings. The first-order chi connectivity index (χ1) is 16.3. The van der Waals surface area contributed by atoms with Gasteiger partial charge in [-0.2, -0.15) is 0 Å². The molecule has 9 heteroatoms. The molecule has 2 aromatic carbocycles. The number of hydrogen-bond acceptors (Lipinski definition) is 6. The van der Waals surface area contributed by atoms with Crippen molar-refractivity contribution in [3.8, 4) is 5.75 Å². The van der Waals surface area contributed by atoms with E-state index in [1.165, 1.54) is 16.7 Å². The summed E-state index contributed by atoms with van der Waals surface area (Å²) in [5.74, 6) is -0.858. The summed E-state index contributed by atoms with van der Waals surface area (Å²) in [5, 5.41) is 11.9. The van der Waals surface area contributed by atoms with Gasteiger partial charge in [0.2, 0.25) is 0 Å². The maximum atomic E-state index is 13.6. The van der Waals surface area contributed by atoms with Crippen LogP contribution in [0.15, 0.2) is 84.5 Å². The van der Waals surface area contributed by atoms with Gasteiger partial charge in [0.1, 0.15) is 21.7 Å². The zero-order chi connectivity index (χ0) is 24.0. The zero-order valence-corrected chi connectivity index (χ0v) is 19.3. The summed E-state index contributed by atoms with van der Waals surface area (Å²) in [6.07, 6.45) is 0. The minimum atomic E-state index is -0.775. The Hall–Kier alpha value is -3.62. The average molecular weight is 495 g/mol. The smallest absolute Gasteiger partial charge is 0.354 e. The SMILES string of the molecule is Cc1ccc2c3oc(=O)c(Sc4ccc(Cl)cc4)c(O)c3c(=O)n(Cc3ccc(F)cc3)c2n1. The van der Waals surface area contributed by atoms with Crippen LogP contribution in [-0.2, 0) is 6.54 Å². The lowest BCUT2D eigenvalue weighted by molar-refractivity contribution is 0.446. The molecule has 0 unspecified atom stereocenters. The minimum Gasteiger partial charge on any atom is -0.505 e. The van der Waals surface area contributed by atoms with Crippen LogP contribution in [0, 0.1) is 12.7 Å². The standard InChI is InChI=1S/C25H16ClFN2O4S/c1-13-2-11-18-21-19(20(30)22(25(32)33-21)34-17-9-5-15(26)6-10-17)24(31)29(23(18)28-13)12-14-3-7-16(27)8-4-14/h2-11,30H,12H2,1H3. The van der Waals surface area contributed by atoms with Gasteiger partial charge in [0, 0.05) is 15.6 Å². The summed E-state index contributed by atoms with van der Waals surface area (Å²) in [6, 6.07) is 15.9. The molecule has 1 N–H and O–H groups in total. The van der Waals surface area contributed by atoms with E-state index in [0.717, 1.165) is 11.8 Å². The van der Waals surface area contributed by atoms with Gasteiger partial charge in [-0.05, 0) is 61.0 Å². The van der Waals surface area contributed by atoms with Gasteiger partial charge in [0.25, 0.3) is 5.56 Å². The van der Waals surface area contributed by atoms with Crippen molar-refractivity contribution in [1.82, 2.24) is 9.55 Å². The molecule has 0 saturated carbocycles. The van der Waals surface area contributed by atoms with Gasteiger partial charge in [-0.25, -0.2) is 14.2 Å². The Morgan fingerprint density at radius 3 is 2.47 bits per heavy atom. The predicted octanol–water partition coefficient (Wildman–Crippen LogP) is 5.51. The Balaban J connectivity index is 1.78. The third-order valence-corrected chi connectivity index (χ3v) is 6.64. The monoisotopic (exact) mass is 494 g/mol. The van der Waals surface area contributed by atoms with E-state index in [1.807, 2.05) is 0 Å². The highest BCUT2D eigenvalue weighted by Gasteiger charge is 2.23. The van der Waals surface area contributed by atoms with Crippen molar-refractivity contribution in [3.63, 3.8) is 0 Å². The Morgan fingerprint density at radius 1 is 1.06 bits per heavy atom. The molecule has 0 radical (unpaired) electrons. The van der Waals surface area contributed by atoms with Gasteiger partial charge in [-0.1, -0.05) is 35.5 Å². The molecule has 170 valence electrons. The first-order valence-electron chi connectivity index (χ1n) is 10.2. The largest absolute Gasteiger partial charge is 0.505 e. The molecule has 0 aliphatic carbocycles. The third-order valence-electron chi connectivity index (χ3n) is 5.32. The minimum absolute atomic E-state index is 0.0363. The summed E-state index contributed by atoms with van der Waals surface area (Å²) in [4.78, 5) is 31.4. The molecule has 5 rings (SSSR count). The number of pyridine rings is 2. The maximum Gasteiger partial charge on any atom is 0.354 e. The Labute approximate surface area is 201 Å². The van der Waals surface area contributed by atoms with E-state index in [1.54, 1.807) is 55.5 Å². The van der Waals surface area contributed by atoms with E-state index in [0.29, 0.717) is 32.2 Å². The highest BCUT2D eigenvalue weighted by Crippen LogP contribution is 2.37. The zero-order valence-electron chi connectivity index (χ0n) is 17.7. The van der Waals surface area contributed by atoms with Gasteiger partial charge in [-0.3, -0.25) is 9.36 Å². The molecule has 3 aromatic heterocycles. The predicted molar refractivity (Wildman–Crippen MR) is 130 cm³/mol. The first kappa shape index (κ1) is 22.2. The van der Waals surface area contributed by atoms with Crippen LogP contribution in [0.2, 0.25) is 5.02 Å². The number of nitrogens with zero attached hydrogens (tertiary/aromatic N) is 2. The van der Waals surface area contributed by atoms with Crippen LogP contribution in [0.1, 0.15) is 11.3 Å². The normalized spacial score (nSPS) is 11.4. The molecule has 3 heterocycles. The lowest BCUT2D eigenvalue weighted by Crippen LogP contribution is -2.23. The number of fused-ring (bicyclic) bond motifs is 3. The Morgan fingerprint density at radius 2 is 1.76 bits per heavy atom. The molecule has 0 atom stereocenters. The summed E-state index contributed by atoms with van der Waals surface area (Å²) < 4.78 is 20.3. The fourth-order valence-corrected chi connectivity index (χ4v) is 4.64. The molecule has 0 amide bonds. The second kappa shape index (κ2) is 8.62. The van der Waals surface area contributed by atoms with Crippen LogP contribution in [0.25, 0.3) is 22.0 Å². The number of rotatable bonds is 4. The van der Waals surface area contributed by atoms with Gasteiger partial charge < -0.3 is 9.52 Å². The van der Waals surface area contributed by atoms with Crippen molar-refractivity contribution < 1.29 is 13.9 Å². The summed E-state index contributed by atoms with van der Waals surface area (Å²) in [6.45, 7) is 1.86. The van der Waals surface area contributed by atoms with E-state index >= 15 is 0 Å². The molecule has 0 aliphatic heterocycles. The van der Waals surface area contributed by atoms with E-state index < -0.39 is 22.8 Å². The molecule has 0 fully saturated rings. The second-order valence-electron chi connectivity index (χ2n) is 7.67. The second-order valence-corrected chi connectivity index (χ2v) is 9.19. The van der Waals surface area contributed by atoms with Crippen molar-refractivity contribution >= 4 is 45.4 Å². The summed E-state index contributed by atoms with van der Waals surface area (Å²) >= 11 is 6.90. The quantitative estimate of drug-likeness (QED) is 0.332. The van der Waals surface area contributed by atoms with Crippen LogP contribution in [0.4, 0.5) is 4.39 Å². The van der Waals surface area contributed by atoms with Crippen molar-refractivity contribution in [1.29, 1.82) is 0 Å². The molecule has 6 nitrogen and oxygen atoms in total. The van der Waals surface area contributed by atoms with E-state index in [9.17, 15) is 19.1 Å². The van der Waals surface area contributed by atoms with Gasteiger partial charge >= 0.3 is 5.63 Å². The highest BCUT2D eigenvalue weighted by molar-refractivity contribution is 7.99. The van der Waals surface area contributed by atoms with Gasteiger partial charge in [0.15, 0.2) is 11.3 Å². The molecular weight excluding hydrogens is 479 g/mol. The lowest BCUT2D eigenvalue weighted by atomic mass is 10.1. The van der Waals surface area contributed by atoms with Crippen molar-refractivity contribution in [3.05, 3.63) is 104 Å². The number of benzene rings is 2. The van der Waals surface area contributed by atoms with Crippen molar-refractivity contribution in [2.75, 3.05) is 0 Å². The third kappa shape index (κ3) is 3.95. The number of aromatic nitrogens is 2. The fraction of sp³-hybridized carbons (Fsp3) is 0.0800. The maximum absolute atomic E-state index is 13.6. The number of aromatic hydroxyl groups is 1. The number of aryl methyl sites for hydroxylation is 1. The van der Waals surface area contributed by atoms with Gasteiger partial charge in [0.05, 0.1) is 11.9 Å². The number of halogens is 2. The highest BCUT2D eigenvalue weighted by atomic mass is 35.5. The van der Waals surface area contributed by atoms with E-state index in [-0.39, 0.29) is 22.4 Å². The average Bonchev–Trinajstić information content (AvgIpc) is 2.81. The van der Waals surface area contributed by atoms with Crippen LogP contribution < -0.4 is 11.2 Å². The molecule has 0 spiro atoms. The molecule has 0 saturated heterocycles. The van der Waals surface area contributed by atoms with Crippen LogP contribution in [0.3, 0.4) is 0 Å². The molecule has 0 bridgehead atoms. The van der Waals surface area contributed by atoms with Crippen molar-refractivity contribution in [2.45, 2.75) is 23.3 Å². The fourth-order valence-electron chi connectivity index (χ4n) is 3.68. The topological polar surface area (TPSA) is 85.3 Å². The van der Waals surface area contributed by atoms with E-state index in [2.05, 4.69) is 4.98 Å². The number of hydrogen-bond donors (Lipinski definition) is 1. The lowest BCUT2D eigenvalue weighted by Gasteiger charge is -2.14. The van der Waals surface area contributed by atoms with Crippen LogP contribution >= 0.6 is 23.4 Å². The van der Waals surface area contributed by atoms with E-state index in [4.69, 9.17) is 16.0 Å². The molecular formula is C25H16ClFN2O4S. The van der Waals surface area contributed by atoms with Crippen molar-refractivity contribution in [2.24, 2.45) is 0 Å². The summed E-state index contributed by atoms with van der Waals surface area (Å²) in [5.41, 5.74) is 0.223. The summed E-state index contributed by atoms with van der Waals surface area (Å²) in [7, 11) is 0.